The number of carbonyl (C=O) groups is 1. The molecule has 1 aromatic carbocycles. The number of rotatable bonds is 6. The molecule has 20 heavy (non-hydrogen) atoms. The van der Waals surface area contributed by atoms with Crippen molar-refractivity contribution in [3.05, 3.63) is 46.4 Å². The third kappa shape index (κ3) is 3.51. The van der Waals surface area contributed by atoms with Gasteiger partial charge in [0.2, 0.25) is 0 Å². The van der Waals surface area contributed by atoms with Crippen LogP contribution in [0, 0.1) is 0 Å². The summed E-state index contributed by atoms with van der Waals surface area (Å²) < 4.78 is 1.48. The first-order valence-electron chi connectivity index (χ1n) is 6.12. The molecule has 0 radical (unpaired) electrons. The largest absolute Gasteiger partial charge is 0.481 e. The Kier molecular flexibility index (Phi) is 4.62. The molecule has 2 N–H and O–H groups in total. The van der Waals surface area contributed by atoms with Crippen molar-refractivity contribution in [3.8, 4) is 0 Å². The van der Waals surface area contributed by atoms with Crippen molar-refractivity contribution >= 4 is 17.7 Å². The second kappa shape index (κ2) is 6.42. The van der Waals surface area contributed by atoms with Crippen LogP contribution in [0.4, 0.5) is 0 Å². The summed E-state index contributed by atoms with van der Waals surface area (Å²) in [6.45, 7) is 2.47. The van der Waals surface area contributed by atoms with Gasteiger partial charge in [0.1, 0.15) is 0 Å². The molecule has 0 amide bonds. The minimum atomic E-state index is -0.937. The van der Waals surface area contributed by atoms with Crippen LogP contribution < -0.4 is 5.69 Å². The van der Waals surface area contributed by atoms with Crippen LogP contribution in [0.3, 0.4) is 0 Å². The van der Waals surface area contributed by atoms with Gasteiger partial charge >= 0.3 is 11.7 Å². The third-order valence-electron chi connectivity index (χ3n) is 2.87. The number of aromatic amines is 1. The lowest BCUT2D eigenvalue weighted by atomic mass is 10.0. The number of hydrogen-bond acceptors (Lipinski definition) is 4. The first-order chi connectivity index (χ1) is 9.58. The highest BCUT2D eigenvalue weighted by molar-refractivity contribution is 7.99. The van der Waals surface area contributed by atoms with E-state index in [-0.39, 0.29) is 17.4 Å². The first-order valence-corrected chi connectivity index (χ1v) is 7.11. The second-order valence-corrected chi connectivity index (χ2v) is 5.36. The van der Waals surface area contributed by atoms with Crippen molar-refractivity contribution in [2.24, 2.45) is 0 Å². The fraction of sp³-hybridized carbons (Fsp3) is 0.308. The normalized spacial score (nSPS) is 12.2. The Labute approximate surface area is 119 Å². The number of hydrogen-bond donors (Lipinski definition) is 2. The molecule has 0 aliphatic rings. The van der Waals surface area contributed by atoms with Gasteiger partial charge in [0.25, 0.3) is 0 Å². The number of nitrogens with zero attached hydrogens (tertiary/aromatic N) is 2. The number of carboxylic acids is 1. The lowest BCUT2D eigenvalue weighted by Gasteiger charge is -2.13. The van der Waals surface area contributed by atoms with Crippen LogP contribution in [0.5, 0.6) is 0 Å². The van der Waals surface area contributed by atoms with Crippen molar-refractivity contribution in [3.63, 3.8) is 0 Å². The summed E-state index contributed by atoms with van der Waals surface area (Å²) in [4.78, 5) is 22.3. The van der Waals surface area contributed by atoms with Gasteiger partial charge in [-0.15, -0.1) is 5.10 Å². The predicted molar refractivity (Wildman–Crippen MR) is 76.1 cm³/mol. The fourth-order valence-corrected chi connectivity index (χ4v) is 2.54. The van der Waals surface area contributed by atoms with Gasteiger partial charge in [-0.2, -0.15) is 0 Å². The number of benzene rings is 1. The summed E-state index contributed by atoms with van der Waals surface area (Å²) in [5, 5.41) is 15.3. The van der Waals surface area contributed by atoms with Crippen molar-refractivity contribution in [2.75, 3.05) is 5.75 Å². The maximum absolute atomic E-state index is 11.7. The number of nitrogens with one attached hydrogen (secondary N) is 1. The summed E-state index contributed by atoms with van der Waals surface area (Å²) in [7, 11) is 0. The van der Waals surface area contributed by atoms with Gasteiger partial charge in [0.05, 0.1) is 5.75 Å². The molecular weight excluding hydrogens is 278 g/mol. The second-order valence-electron chi connectivity index (χ2n) is 4.42. The highest BCUT2D eigenvalue weighted by Crippen LogP contribution is 2.19. The third-order valence-corrected chi connectivity index (χ3v) is 3.83. The fourth-order valence-electron chi connectivity index (χ4n) is 1.86. The van der Waals surface area contributed by atoms with Gasteiger partial charge in [-0.3, -0.25) is 9.36 Å². The van der Waals surface area contributed by atoms with E-state index in [1.165, 1.54) is 4.57 Å². The first kappa shape index (κ1) is 14.4. The van der Waals surface area contributed by atoms with Crippen LogP contribution in [0.1, 0.15) is 18.4 Å². The van der Waals surface area contributed by atoms with Crippen molar-refractivity contribution in [1.29, 1.82) is 0 Å². The Morgan fingerprint density at radius 1 is 1.45 bits per heavy atom. The van der Waals surface area contributed by atoms with Gasteiger partial charge in [-0.25, -0.2) is 9.89 Å². The van der Waals surface area contributed by atoms with Crippen LogP contribution in [0.15, 0.2) is 40.3 Å². The summed E-state index contributed by atoms with van der Waals surface area (Å²) >= 11 is 1.03. The summed E-state index contributed by atoms with van der Waals surface area (Å²) in [5.41, 5.74) is 0.801. The van der Waals surface area contributed by atoms with Crippen molar-refractivity contribution in [2.45, 2.75) is 24.5 Å². The maximum Gasteiger partial charge on any atom is 0.343 e. The number of H-pyrrole nitrogens is 1. The SMILES string of the molecule is CC(Cn1c(SCC(=O)O)n[nH]c1=O)c1ccccc1. The predicted octanol–water partition coefficient (Wildman–Crippen LogP) is 1.55. The zero-order chi connectivity index (χ0) is 14.5. The molecule has 0 aliphatic heterocycles. The lowest BCUT2D eigenvalue weighted by molar-refractivity contribution is -0.133. The number of thioether (sulfide) groups is 1. The summed E-state index contributed by atoms with van der Waals surface area (Å²) in [6.07, 6.45) is 0. The molecule has 1 unspecified atom stereocenters. The van der Waals surface area contributed by atoms with Crippen LogP contribution in [-0.2, 0) is 11.3 Å². The quantitative estimate of drug-likeness (QED) is 0.789. The van der Waals surface area contributed by atoms with E-state index in [0.717, 1.165) is 17.3 Å². The Morgan fingerprint density at radius 3 is 2.80 bits per heavy atom. The van der Waals surface area contributed by atoms with E-state index in [1.807, 2.05) is 37.3 Å². The number of aromatic nitrogens is 3. The molecule has 0 saturated carbocycles. The smallest absolute Gasteiger partial charge is 0.343 e. The topological polar surface area (TPSA) is 88.0 Å². The van der Waals surface area contributed by atoms with Gasteiger partial charge in [0.15, 0.2) is 5.16 Å². The summed E-state index contributed by atoms with van der Waals surface area (Å²) in [5.74, 6) is -0.923. The van der Waals surface area contributed by atoms with E-state index in [2.05, 4.69) is 10.2 Å². The van der Waals surface area contributed by atoms with Crippen LogP contribution in [0.25, 0.3) is 0 Å². The van der Waals surface area contributed by atoms with Crippen LogP contribution in [-0.4, -0.2) is 31.6 Å². The lowest BCUT2D eigenvalue weighted by Crippen LogP contribution is -2.21. The standard InChI is InChI=1S/C13H15N3O3S/c1-9(10-5-3-2-4-6-10)7-16-12(19)14-15-13(16)20-8-11(17)18/h2-6,9H,7-8H2,1H3,(H,14,19)(H,17,18). The maximum atomic E-state index is 11.7. The van der Waals surface area contributed by atoms with Crippen molar-refractivity contribution < 1.29 is 9.90 Å². The van der Waals surface area contributed by atoms with Crippen LogP contribution in [0.2, 0.25) is 0 Å². The Morgan fingerprint density at radius 2 is 2.15 bits per heavy atom. The van der Waals surface area contributed by atoms with Gasteiger partial charge in [-0.1, -0.05) is 49.0 Å². The Bertz CT molecular complexity index is 636. The van der Waals surface area contributed by atoms with E-state index in [4.69, 9.17) is 5.11 Å². The number of aliphatic carboxylic acids is 1. The van der Waals surface area contributed by atoms with E-state index in [0.29, 0.717) is 11.7 Å². The zero-order valence-electron chi connectivity index (χ0n) is 10.9. The van der Waals surface area contributed by atoms with Gasteiger partial charge in [-0.05, 0) is 11.5 Å². The molecule has 2 rings (SSSR count). The van der Waals surface area contributed by atoms with E-state index in [1.54, 1.807) is 0 Å². The molecule has 106 valence electrons. The molecule has 0 fully saturated rings. The highest BCUT2D eigenvalue weighted by Gasteiger charge is 2.14. The molecule has 0 aliphatic carbocycles. The zero-order valence-corrected chi connectivity index (χ0v) is 11.8. The molecule has 0 bridgehead atoms. The monoisotopic (exact) mass is 293 g/mol. The molecule has 0 saturated heterocycles. The number of carboxylic acid groups (broad SMARTS) is 1. The molecule has 6 nitrogen and oxygen atoms in total. The average molecular weight is 293 g/mol. The molecule has 1 aromatic heterocycles. The average Bonchev–Trinajstić information content (AvgIpc) is 2.78. The minimum absolute atomic E-state index is 0.121. The highest BCUT2D eigenvalue weighted by atomic mass is 32.2. The van der Waals surface area contributed by atoms with Gasteiger partial charge in [0, 0.05) is 6.54 Å². The van der Waals surface area contributed by atoms with E-state index in [9.17, 15) is 9.59 Å². The summed E-state index contributed by atoms with van der Waals surface area (Å²) in [6, 6.07) is 9.84. The van der Waals surface area contributed by atoms with Crippen molar-refractivity contribution in [1.82, 2.24) is 14.8 Å². The Balaban J connectivity index is 2.14. The molecule has 0 spiro atoms. The molecule has 1 atom stereocenters. The molecule has 1 heterocycles. The van der Waals surface area contributed by atoms with Crippen LogP contribution >= 0.6 is 11.8 Å². The molecular formula is C13H15N3O3S. The molecule has 7 heteroatoms. The van der Waals surface area contributed by atoms with Gasteiger partial charge < -0.3 is 5.11 Å². The molecule has 2 aromatic rings. The van der Waals surface area contributed by atoms with E-state index < -0.39 is 5.97 Å². The minimum Gasteiger partial charge on any atom is -0.481 e. The van der Waals surface area contributed by atoms with E-state index >= 15 is 0 Å². The Hall–Kier alpha value is -2.02.